The number of esters is 5. The van der Waals surface area contributed by atoms with E-state index in [0.29, 0.717) is 27.0 Å². The molecule has 0 fully saturated rings. The fraction of sp³-hybridized carbons (Fsp3) is 0.394. The van der Waals surface area contributed by atoms with Gasteiger partial charge in [-0.1, -0.05) is 30.3 Å². The SMILES string of the molecule is COc1ccc(-[n+]2c(N(C)C[C@H](OC(C)=O)[C@@H](OC(C)=O)[C@H](OC(C)=O)[C@@H](COC(C)=O)OC(C)=O)sc(-c3ccccc3)c2[O-])cc1. The number of carbonyl (C=O) groups excluding carboxylic acids is 5. The molecule has 0 aliphatic carbocycles. The molecule has 3 aromatic rings. The number of nitrogens with zero attached hydrogens (tertiary/aromatic N) is 2. The predicted octanol–water partition coefficient (Wildman–Crippen LogP) is 2.50. The highest BCUT2D eigenvalue weighted by Gasteiger charge is 2.45. The maximum atomic E-state index is 14.0. The van der Waals surface area contributed by atoms with Crippen LogP contribution in [0.5, 0.6) is 11.6 Å². The molecule has 258 valence electrons. The number of hydrogen-bond donors (Lipinski definition) is 0. The first kappa shape index (κ1) is 37.3. The van der Waals surface area contributed by atoms with Crippen LogP contribution in [0.25, 0.3) is 16.1 Å². The first-order valence-electron chi connectivity index (χ1n) is 14.7. The number of carbonyl (C=O) groups is 5. The minimum atomic E-state index is -1.60. The molecule has 0 saturated carbocycles. The number of hydrogen-bond acceptors (Lipinski definition) is 14. The highest BCUT2D eigenvalue weighted by Crippen LogP contribution is 2.37. The Kier molecular flexibility index (Phi) is 13.3. The predicted molar refractivity (Wildman–Crippen MR) is 169 cm³/mol. The van der Waals surface area contributed by atoms with Crippen LogP contribution in [0.15, 0.2) is 54.6 Å². The van der Waals surface area contributed by atoms with E-state index in [0.717, 1.165) is 34.6 Å². The lowest BCUT2D eigenvalue weighted by Crippen LogP contribution is -2.56. The Morgan fingerprint density at radius 2 is 1.27 bits per heavy atom. The quantitative estimate of drug-likeness (QED) is 0.130. The first-order valence-corrected chi connectivity index (χ1v) is 15.5. The van der Waals surface area contributed by atoms with E-state index in [1.165, 1.54) is 23.0 Å². The monoisotopic (exact) mass is 686 g/mol. The van der Waals surface area contributed by atoms with Gasteiger partial charge in [0.2, 0.25) is 0 Å². The molecule has 0 amide bonds. The maximum Gasteiger partial charge on any atom is 0.341 e. The van der Waals surface area contributed by atoms with Crippen molar-refractivity contribution in [3.8, 4) is 27.8 Å². The second-order valence-corrected chi connectivity index (χ2v) is 11.5. The summed E-state index contributed by atoms with van der Waals surface area (Å²) in [6.07, 6.45) is -6.02. The van der Waals surface area contributed by atoms with Crippen molar-refractivity contribution in [3.05, 3.63) is 54.6 Å². The summed E-state index contributed by atoms with van der Waals surface area (Å²) in [5.41, 5.74) is 1.18. The normalized spacial score (nSPS) is 13.2. The number of methoxy groups -OCH3 is 1. The molecule has 0 bridgehead atoms. The van der Waals surface area contributed by atoms with E-state index >= 15 is 0 Å². The van der Waals surface area contributed by atoms with E-state index in [-0.39, 0.29) is 12.4 Å². The third-order valence-electron chi connectivity index (χ3n) is 6.68. The molecule has 0 aliphatic rings. The van der Waals surface area contributed by atoms with Crippen molar-refractivity contribution in [3.63, 3.8) is 0 Å². The Labute approximate surface area is 281 Å². The molecule has 0 N–H and O–H groups in total. The molecule has 4 atom stereocenters. The number of ether oxygens (including phenoxy) is 6. The van der Waals surface area contributed by atoms with Crippen molar-refractivity contribution < 1.29 is 62.1 Å². The average molecular weight is 687 g/mol. The Morgan fingerprint density at radius 3 is 1.77 bits per heavy atom. The topological polar surface area (TPSA) is 171 Å². The van der Waals surface area contributed by atoms with Crippen molar-refractivity contribution in [2.45, 2.75) is 59.0 Å². The number of rotatable bonds is 15. The molecular formula is C33H38N2O12S. The van der Waals surface area contributed by atoms with Gasteiger partial charge in [-0.15, -0.1) is 0 Å². The standard InChI is InChI=1S/C33H38N2O12S/c1-19(36)43-18-28(45-21(3)38)30(47-23(5)40)29(46-22(4)39)27(44-20(2)37)17-34(6)33-35(25-13-15-26(42-7)16-14-25)32(41)31(48-33)24-11-9-8-10-12-24/h8-16,27-30H,17-18H2,1-7H3/t27-,28+,29+,30+/m0/s1. The van der Waals surface area contributed by atoms with Gasteiger partial charge in [0.05, 0.1) is 24.9 Å². The van der Waals surface area contributed by atoms with Gasteiger partial charge >= 0.3 is 35.0 Å². The molecule has 48 heavy (non-hydrogen) atoms. The maximum absolute atomic E-state index is 14.0. The highest BCUT2D eigenvalue weighted by molar-refractivity contribution is 7.18. The van der Waals surface area contributed by atoms with Crippen molar-refractivity contribution in [2.75, 3.05) is 32.2 Å². The van der Waals surface area contributed by atoms with Gasteiger partial charge in [-0.05, 0) is 41.2 Å². The second-order valence-electron chi connectivity index (χ2n) is 10.5. The summed E-state index contributed by atoms with van der Waals surface area (Å²) >= 11 is 1.17. The molecule has 14 nitrogen and oxygen atoms in total. The van der Waals surface area contributed by atoms with Crippen LogP contribution in [0.4, 0.5) is 5.13 Å². The second kappa shape index (κ2) is 17.1. The number of likely N-dealkylation sites (N-methyl/N-ethyl adjacent to an activating group) is 1. The third-order valence-corrected chi connectivity index (χ3v) is 7.97. The molecule has 1 aromatic heterocycles. The zero-order valence-electron chi connectivity index (χ0n) is 27.6. The number of anilines is 1. The van der Waals surface area contributed by atoms with Crippen molar-refractivity contribution in [1.82, 2.24) is 0 Å². The Balaban J connectivity index is 2.17. The molecule has 0 aliphatic heterocycles. The average Bonchev–Trinajstić information content (AvgIpc) is 3.37. The third kappa shape index (κ3) is 10.2. The number of aromatic nitrogens is 1. The van der Waals surface area contributed by atoms with Gasteiger partial charge < -0.3 is 33.5 Å². The van der Waals surface area contributed by atoms with Gasteiger partial charge in [0.25, 0.3) is 0 Å². The molecule has 0 spiro atoms. The van der Waals surface area contributed by atoms with Crippen LogP contribution in [0.1, 0.15) is 34.6 Å². The van der Waals surface area contributed by atoms with Gasteiger partial charge in [0, 0.05) is 34.6 Å². The zero-order valence-corrected chi connectivity index (χ0v) is 28.4. The molecular weight excluding hydrogens is 648 g/mol. The number of thiazole rings is 1. The molecule has 0 radical (unpaired) electrons. The summed E-state index contributed by atoms with van der Waals surface area (Å²) in [4.78, 5) is 63.0. The van der Waals surface area contributed by atoms with E-state index in [1.54, 1.807) is 60.5 Å². The summed E-state index contributed by atoms with van der Waals surface area (Å²) in [6, 6.07) is 15.9. The van der Waals surface area contributed by atoms with Crippen molar-refractivity contribution >= 4 is 46.3 Å². The lowest BCUT2D eigenvalue weighted by atomic mass is 10.0. The van der Waals surface area contributed by atoms with Crippen LogP contribution < -0.4 is 19.3 Å². The van der Waals surface area contributed by atoms with Gasteiger partial charge in [-0.2, -0.15) is 4.57 Å². The minimum absolute atomic E-state index is 0.222. The van der Waals surface area contributed by atoms with Gasteiger partial charge in [-0.25, -0.2) is 0 Å². The van der Waals surface area contributed by atoms with Crippen molar-refractivity contribution in [1.29, 1.82) is 0 Å². The van der Waals surface area contributed by atoms with Crippen LogP contribution in [-0.2, 0) is 47.7 Å². The summed E-state index contributed by atoms with van der Waals surface area (Å²) in [6.45, 7) is 4.71. The van der Waals surface area contributed by atoms with E-state index in [4.69, 9.17) is 28.4 Å². The summed E-state index contributed by atoms with van der Waals surface area (Å²) < 4.78 is 33.9. The molecule has 0 unspecified atom stereocenters. The fourth-order valence-corrected chi connectivity index (χ4v) is 5.94. The zero-order chi connectivity index (χ0) is 35.5. The number of benzene rings is 2. The highest BCUT2D eigenvalue weighted by atomic mass is 32.1. The molecule has 1 heterocycles. The van der Waals surface area contributed by atoms with E-state index in [2.05, 4.69) is 0 Å². The summed E-state index contributed by atoms with van der Waals surface area (Å²) in [5.74, 6) is -3.77. The lowest BCUT2D eigenvalue weighted by Gasteiger charge is -2.35. The Hall–Kier alpha value is -5.18. The van der Waals surface area contributed by atoms with Gasteiger partial charge in [-0.3, -0.25) is 28.9 Å². The smallest absolute Gasteiger partial charge is 0.341 e. The first-order chi connectivity index (χ1) is 22.7. The van der Waals surface area contributed by atoms with Crippen LogP contribution in [0.2, 0.25) is 0 Å². The molecule has 0 saturated heterocycles. The van der Waals surface area contributed by atoms with Crippen LogP contribution in [0.3, 0.4) is 0 Å². The largest absolute Gasteiger partial charge is 0.841 e. The van der Waals surface area contributed by atoms with Crippen LogP contribution >= 0.6 is 11.3 Å². The van der Waals surface area contributed by atoms with E-state index < -0.39 is 60.9 Å². The van der Waals surface area contributed by atoms with Crippen LogP contribution in [-0.4, -0.2) is 81.6 Å². The Bertz CT molecular complexity index is 1590. The Morgan fingerprint density at radius 1 is 0.750 bits per heavy atom. The van der Waals surface area contributed by atoms with Gasteiger partial charge in [0.1, 0.15) is 24.6 Å². The van der Waals surface area contributed by atoms with Crippen molar-refractivity contribution in [2.24, 2.45) is 0 Å². The molecule has 3 rings (SSSR count). The van der Waals surface area contributed by atoms with E-state index in [1.807, 2.05) is 6.07 Å². The molecule has 2 aromatic carbocycles. The van der Waals surface area contributed by atoms with E-state index in [9.17, 15) is 29.1 Å². The van der Waals surface area contributed by atoms with Crippen LogP contribution in [0, 0.1) is 0 Å². The van der Waals surface area contributed by atoms with Gasteiger partial charge in [0.15, 0.2) is 24.4 Å². The fourth-order valence-electron chi connectivity index (χ4n) is 4.82. The summed E-state index contributed by atoms with van der Waals surface area (Å²) in [5, 5.41) is 14.4. The minimum Gasteiger partial charge on any atom is -0.841 e. The lowest BCUT2D eigenvalue weighted by molar-refractivity contribution is -0.634. The summed E-state index contributed by atoms with van der Waals surface area (Å²) in [7, 11) is 3.15. The molecule has 15 heteroatoms.